The van der Waals surface area contributed by atoms with Crippen molar-refractivity contribution < 1.29 is 4.74 Å². The van der Waals surface area contributed by atoms with E-state index in [4.69, 9.17) is 16.0 Å². The van der Waals surface area contributed by atoms with E-state index in [2.05, 4.69) is 10.0 Å². The Morgan fingerprint density at radius 1 is 1.43 bits per heavy atom. The Hall–Kier alpha value is -1.97. The van der Waals surface area contributed by atoms with Gasteiger partial charge in [-0.2, -0.15) is 0 Å². The number of azide groups is 1. The lowest BCUT2D eigenvalue weighted by molar-refractivity contribution is 0.253. The van der Waals surface area contributed by atoms with Crippen molar-refractivity contribution in [3.05, 3.63) is 46.3 Å². The van der Waals surface area contributed by atoms with Crippen LogP contribution >= 0.6 is 0 Å². The Bertz CT molecular complexity index is 434. The molecule has 1 aliphatic heterocycles. The molecule has 2 rings (SSSR count). The van der Waals surface area contributed by atoms with E-state index in [0.29, 0.717) is 11.4 Å². The molecule has 0 saturated heterocycles. The molecule has 5 heteroatoms. The van der Waals surface area contributed by atoms with Crippen LogP contribution in [0.2, 0.25) is 0 Å². The molecule has 1 unspecified atom stereocenters. The molecule has 70 valence electrons. The second kappa shape index (κ2) is 3.41. The number of hydrogen-bond donors (Lipinski definition) is 1. The lowest BCUT2D eigenvalue weighted by Crippen LogP contribution is -2.27. The van der Waals surface area contributed by atoms with Gasteiger partial charge in [0, 0.05) is 16.2 Å². The zero-order valence-corrected chi connectivity index (χ0v) is 7.29. The van der Waals surface area contributed by atoms with Gasteiger partial charge in [0.25, 0.3) is 0 Å². The van der Waals surface area contributed by atoms with Crippen molar-refractivity contribution in [3.8, 4) is 5.75 Å². The van der Waals surface area contributed by atoms with Crippen LogP contribution in [0.5, 0.6) is 5.75 Å². The number of hydrogen-bond acceptors (Lipinski definition) is 3. The third kappa shape index (κ3) is 1.42. The van der Waals surface area contributed by atoms with Crippen LogP contribution in [0.15, 0.2) is 35.5 Å². The van der Waals surface area contributed by atoms with E-state index in [-0.39, 0.29) is 0 Å². The van der Waals surface area contributed by atoms with E-state index in [1.165, 1.54) is 0 Å². The molecule has 0 amide bonds. The molecular weight excluding hydrogens is 180 g/mol. The first kappa shape index (κ1) is 8.62. The summed E-state index contributed by atoms with van der Waals surface area (Å²) in [5.41, 5.74) is 15.2. The van der Waals surface area contributed by atoms with E-state index >= 15 is 0 Å². The summed E-state index contributed by atoms with van der Waals surface area (Å²) in [5.74, 6) is 0.643. The molecule has 1 heterocycles. The van der Waals surface area contributed by atoms with Gasteiger partial charge in [-0.25, -0.2) is 0 Å². The first-order chi connectivity index (χ1) is 6.81. The molecule has 2 N–H and O–H groups in total. The molecule has 0 bridgehead atoms. The van der Waals surface area contributed by atoms with Crippen molar-refractivity contribution in [2.75, 3.05) is 0 Å². The van der Waals surface area contributed by atoms with Crippen LogP contribution in [0.25, 0.3) is 16.1 Å². The molecule has 14 heavy (non-hydrogen) atoms. The lowest BCUT2D eigenvalue weighted by Gasteiger charge is -2.20. The summed E-state index contributed by atoms with van der Waals surface area (Å²) in [4.78, 5) is 2.74. The van der Waals surface area contributed by atoms with Crippen LogP contribution in [-0.4, -0.2) is 6.23 Å². The van der Waals surface area contributed by atoms with Gasteiger partial charge in [0.2, 0.25) is 0 Å². The highest BCUT2D eigenvalue weighted by Crippen LogP contribution is 2.31. The van der Waals surface area contributed by atoms with Crippen molar-refractivity contribution in [3.63, 3.8) is 0 Å². The molecule has 5 nitrogen and oxygen atoms in total. The summed E-state index contributed by atoms with van der Waals surface area (Å²) >= 11 is 0. The van der Waals surface area contributed by atoms with Gasteiger partial charge in [-0.15, -0.1) is 0 Å². The summed E-state index contributed by atoms with van der Waals surface area (Å²) < 4.78 is 5.33. The van der Waals surface area contributed by atoms with E-state index in [1.807, 2.05) is 18.2 Å². The van der Waals surface area contributed by atoms with Crippen molar-refractivity contribution in [2.24, 2.45) is 10.8 Å². The fourth-order valence-corrected chi connectivity index (χ4v) is 1.34. The van der Waals surface area contributed by atoms with Gasteiger partial charge in [-0.05, 0) is 17.7 Å². The van der Waals surface area contributed by atoms with Gasteiger partial charge < -0.3 is 4.74 Å². The van der Waals surface area contributed by atoms with E-state index in [0.717, 1.165) is 5.56 Å². The Morgan fingerprint density at radius 3 is 3.00 bits per heavy atom. The molecule has 1 aliphatic rings. The van der Waals surface area contributed by atoms with Crippen molar-refractivity contribution >= 4 is 5.70 Å². The smallest absolute Gasteiger partial charge is 0.167 e. The number of benzene rings is 1. The average molecular weight is 188 g/mol. The zero-order chi connectivity index (χ0) is 9.97. The predicted molar refractivity (Wildman–Crippen MR) is 52.2 cm³/mol. The number of nitrogens with zero attached hydrogens (tertiary/aromatic N) is 3. The van der Waals surface area contributed by atoms with Crippen LogP contribution in [-0.2, 0) is 0 Å². The molecule has 0 aliphatic carbocycles. The monoisotopic (exact) mass is 188 g/mol. The summed E-state index contributed by atoms with van der Waals surface area (Å²) in [6.07, 6.45) is 1.03. The average Bonchev–Trinajstić information content (AvgIpc) is 2.18. The van der Waals surface area contributed by atoms with Crippen LogP contribution in [0, 0.1) is 0 Å². The van der Waals surface area contributed by atoms with E-state index in [9.17, 15) is 0 Å². The first-order valence-electron chi connectivity index (χ1n) is 4.10. The second-order valence-corrected chi connectivity index (χ2v) is 2.82. The number of fused-ring (bicyclic) bond motifs is 1. The number of ether oxygens (including phenoxy) is 1. The van der Waals surface area contributed by atoms with Gasteiger partial charge in [0.15, 0.2) is 6.23 Å². The van der Waals surface area contributed by atoms with Crippen molar-refractivity contribution in [1.82, 2.24) is 0 Å². The molecule has 1 aromatic carbocycles. The maximum atomic E-state index is 8.37. The first-order valence-corrected chi connectivity index (χ1v) is 4.10. The standard InChI is InChI=1S/C9H8N4O/c10-9-5-7(12-13-11)6-3-1-2-4-8(6)14-9/h1-5,9H,10H2. The van der Waals surface area contributed by atoms with Crippen LogP contribution in [0.3, 0.4) is 0 Å². The van der Waals surface area contributed by atoms with Gasteiger partial charge in [-0.3, -0.25) is 5.73 Å². The number of nitrogens with two attached hydrogens (primary N) is 1. The van der Waals surface area contributed by atoms with Gasteiger partial charge in [0.1, 0.15) is 5.75 Å². The molecular formula is C9H8N4O. The molecule has 0 spiro atoms. The highest BCUT2D eigenvalue weighted by Gasteiger charge is 2.15. The number of rotatable bonds is 1. The van der Waals surface area contributed by atoms with E-state index in [1.54, 1.807) is 12.1 Å². The van der Waals surface area contributed by atoms with Crippen molar-refractivity contribution in [2.45, 2.75) is 6.23 Å². The largest absolute Gasteiger partial charge is 0.471 e. The maximum Gasteiger partial charge on any atom is 0.167 e. The summed E-state index contributed by atoms with van der Waals surface area (Å²) in [5, 5.41) is 3.56. The topological polar surface area (TPSA) is 84.0 Å². The predicted octanol–water partition coefficient (Wildman–Crippen LogP) is 2.01. The highest BCUT2D eigenvalue weighted by atomic mass is 16.5. The minimum absolute atomic E-state index is 0.516. The SMILES string of the molecule is [N-]=[N+]=NC1=CC(N)Oc2ccccc21. The van der Waals surface area contributed by atoms with Gasteiger partial charge in [0.05, 0.1) is 0 Å². The lowest BCUT2D eigenvalue weighted by atomic mass is 10.1. The summed E-state index contributed by atoms with van der Waals surface area (Å²) in [6.45, 7) is 0. The molecule has 1 atom stereocenters. The fraction of sp³-hybridized carbons (Fsp3) is 0.111. The van der Waals surface area contributed by atoms with E-state index < -0.39 is 6.23 Å². The van der Waals surface area contributed by atoms with Gasteiger partial charge >= 0.3 is 0 Å². The Labute approximate surface area is 80.4 Å². The molecule has 0 aromatic heterocycles. The highest BCUT2D eigenvalue weighted by molar-refractivity contribution is 5.71. The second-order valence-electron chi connectivity index (χ2n) is 2.82. The zero-order valence-electron chi connectivity index (χ0n) is 7.29. The van der Waals surface area contributed by atoms with Crippen LogP contribution in [0.4, 0.5) is 0 Å². The third-order valence-corrected chi connectivity index (χ3v) is 1.90. The van der Waals surface area contributed by atoms with Crippen LogP contribution in [0.1, 0.15) is 5.56 Å². The quantitative estimate of drug-likeness (QED) is 0.415. The molecule has 1 aromatic rings. The molecule has 0 saturated carbocycles. The minimum atomic E-state index is -0.551. The van der Waals surface area contributed by atoms with Crippen molar-refractivity contribution in [1.29, 1.82) is 0 Å². The summed E-state index contributed by atoms with van der Waals surface area (Å²) in [6, 6.07) is 7.29. The Kier molecular flexibility index (Phi) is 2.10. The number of para-hydroxylation sites is 1. The van der Waals surface area contributed by atoms with Gasteiger partial charge in [-0.1, -0.05) is 23.3 Å². The normalized spacial score (nSPS) is 18.6. The Balaban J connectivity index is 2.54. The minimum Gasteiger partial charge on any atom is -0.471 e. The summed E-state index contributed by atoms with van der Waals surface area (Å²) in [7, 11) is 0. The maximum absolute atomic E-state index is 8.37. The third-order valence-electron chi connectivity index (χ3n) is 1.90. The fourth-order valence-electron chi connectivity index (χ4n) is 1.34. The van der Waals surface area contributed by atoms with Crippen LogP contribution < -0.4 is 10.5 Å². The molecule has 0 fully saturated rings. The Morgan fingerprint density at radius 2 is 2.21 bits per heavy atom. The molecule has 0 radical (unpaired) electrons.